The predicted molar refractivity (Wildman–Crippen MR) is 187 cm³/mol. The Morgan fingerprint density at radius 2 is 1.51 bits per heavy atom. The molecule has 11 heteroatoms. The van der Waals surface area contributed by atoms with Crippen LogP contribution in [0.1, 0.15) is 110 Å². The van der Waals surface area contributed by atoms with Crippen LogP contribution in [0, 0.1) is 5.92 Å². The van der Waals surface area contributed by atoms with Gasteiger partial charge in [0, 0.05) is 25.7 Å². The Bertz CT molecular complexity index is 1240. The van der Waals surface area contributed by atoms with Crippen molar-refractivity contribution >= 4 is 29.4 Å². The van der Waals surface area contributed by atoms with Crippen molar-refractivity contribution in [1.29, 1.82) is 0 Å². The number of aliphatic carboxylic acids is 1. The molecule has 0 saturated carbocycles. The Hall–Kier alpha value is -3.83. The predicted octanol–water partition coefficient (Wildman–Crippen LogP) is 5.44. The smallest absolute Gasteiger partial charge is 0.337 e. The summed E-state index contributed by atoms with van der Waals surface area (Å²) in [5, 5.41) is 32.9. The number of hydrogen-bond donors (Lipinski definition) is 4. The number of ether oxygens (including phenoxy) is 2. The Morgan fingerprint density at radius 1 is 0.898 bits per heavy atom. The quantitative estimate of drug-likeness (QED) is 0.0529. The molecule has 0 aliphatic rings. The molecule has 49 heavy (non-hydrogen) atoms. The van der Waals surface area contributed by atoms with Crippen LogP contribution in [0.3, 0.4) is 0 Å². The average Bonchev–Trinajstić information content (AvgIpc) is 3.07. The van der Waals surface area contributed by atoms with Crippen molar-refractivity contribution < 1.29 is 48.8 Å². The normalized spacial score (nSPS) is 13.6. The lowest BCUT2D eigenvalue weighted by atomic mass is 9.81. The van der Waals surface area contributed by atoms with E-state index in [-0.39, 0.29) is 12.2 Å². The van der Waals surface area contributed by atoms with Crippen molar-refractivity contribution in [3.63, 3.8) is 0 Å². The number of amides is 1. The SMILES string of the molecule is CCCCCCCC(=O)CCCCCCC=C[C@H](C(=O)N[C@@H](Cc1ccc(OCC=C(C)C)cc1)C(=O)OC)[C@@](O)(CC(=O)CO)C(=O)O. The lowest BCUT2D eigenvalue weighted by Gasteiger charge is -2.30. The molecule has 0 spiro atoms. The number of hydrogen-bond acceptors (Lipinski definition) is 9. The molecule has 1 aromatic rings. The van der Waals surface area contributed by atoms with Gasteiger partial charge in [0.25, 0.3) is 0 Å². The highest BCUT2D eigenvalue weighted by molar-refractivity contribution is 5.96. The van der Waals surface area contributed by atoms with Gasteiger partial charge in [-0.05, 0) is 63.3 Å². The fourth-order valence-corrected chi connectivity index (χ4v) is 5.22. The summed E-state index contributed by atoms with van der Waals surface area (Å²) >= 11 is 0. The Labute approximate surface area is 291 Å². The number of methoxy groups -OCH3 is 1. The third-order valence-electron chi connectivity index (χ3n) is 8.18. The fourth-order valence-electron chi connectivity index (χ4n) is 5.22. The first-order valence-corrected chi connectivity index (χ1v) is 17.4. The van der Waals surface area contributed by atoms with E-state index in [2.05, 4.69) is 12.2 Å². The molecule has 0 bridgehead atoms. The van der Waals surface area contributed by atoms with Gasteiger partial charge in [-0.15, -0.1) is 0 Å². The molecular weight excluding hydrogens is 630 g/mol. The average molecular weight is 688 g/mol. The van der Waals surface area contributed by atoms with Gasteiger partial charge in [-0.1, -0.05) is 75.3 Å². The molecule has 0 aromatic heterocycles. The van der Waals surface area contributed by atoms with Crippen molar-refractivity contribution in [1.82, 2.24) is 5.32 Å². The molecule has 0 heterocycles. The molecule has 1 rings (SSSR count). The summed E-state index contributed by atoms with van der Waals surface area (Å²) in [4.78, 5) is 62.7. The number of nitrogens with one attached hydrogen (secondary N) is 1. The Balaban J connectivity index is 2.94. The summed E-state index contributed by atoms with van der Waals surface area (Å²) in [5.41, 5.74) is -1.13. The van der Waals surface area contributed by atoms with Crippen LogP contribution in [0.5, 0.6) is 5.75 Å². The molecule has 11 nitrogen and oxygen atoms in total. The van der Waals surface area contributed by atoms with Crippen LogP contribution in [0.15, 0.2) is 48.1 Å². The number of carboxylic acids is 1. The van der Waals surface area contributed by atoms with E-state index in [1.54, 1.807) is 30.3 Å². The Morgan fingerprint density at radius 3 is 2.06 bits per heavy atom. The second kappa shape index (κ2) is 24.3. The number of carbonyl (C=O) groups excluding carboxylic acids is 4. The minimum atomic E-state index is -2.89. The molecule has 0 fully saturated rings. The van der Waals surface area contributed by atoms with Crippen LogP contribution in [-0.2, 0) is 35.1 Å². The topological polar surface area (TPSA) is 177 Å². The zero-order valence-electron chi connectivity index (χ0n) is 29.7. The highest BCUT2D eigenvalue weighted by Crippen LogP contribution is 2.26. The van der Waals surface area contributed by atoms with Crippen LogP contribution >= 0.6 is 0 Å². The molecule has 1 amide bonds. The van der Waals surface area contributed by atoms with E-state index in [9.17, 15) is 39.3 Å². The molecule has 4 N–H and O–H groups in total. The highest BCUT2D eigenvalue weighted by Gasteiger charge is 2.48. The second-order valence-electron chi connectivity index (χ2n) is 12.7. The van der Waals surface area contributed by atoms with Crippen LogP contribution in [0.25, 0.3) is 0 Å². The van der Waals surface area contributed by atoms with Gasteiger partial charge in [0.05, 0.1) is 13.0 Å². The monoisotopic (exact) mass is 687 g/mol. The van der Waals surface area contributed by atoms with Gasteiger partial charge in [0.15, 0.2) is 11.4 Å². The Kier molecular flexibility index (Phi) is 21.4. The molecule has 0 radical (unpaired) electrons. The van der Waals surface area contributed by atoms with Crippen molar-refractivity contribution in [2.45, 2.75) is 122 Å². The van der Waals surface area contributed by atoms with Gasteiger partial charge >= 0.3 is 11.9 Å². The van der Waals surface area contributed by atoms with Crippen molar-refractivity contribution in [3.8, 4) is 5.75 Å². The van der Waals surface area contributed by atoms with Gasteiger partial charge in [-0.2, -0.15) is 0 Å². The highest BCUT2D eigenvalue weighted by atomic mass is 16.5. The number of carbonyl (C=O) groups is 5. The van der Waals surface area contributed by atoms with E-state index in [1.165, 1.54) is 18.9 Å². The van der Waals surface area contributed by atoms with Gasteiger partial charge < -0.3 is 30.1 Å². The molecular formula is C38H57NO10. The summed E-state index contributed by atoms with van der Waals surface area (Å²) in [6.45, 7) is 5.45. The molecule has 3 atom stereocenters. The van der Waals surface area contributed by atoms with Crippen molar-refractivity contribution in [2.75, 3.05) is 20.3 Å². The van der Waals surface area contributed by atoms with Crippen LogP contribution in [0.2, 0.25) is 0 Å². The van der Waals surface area contributed by atoms with Gasteiger partial charge in [-0.25, -0.2) is 9.59 Å². The van der Waals surface area contributed by atoms with Gasteiger partial charge in [0.2, 0.25) is 5.91 Å². The minimum Gasteiger partial charge on any atom is -0.490 e. The largest absolute Gasteiger partial charge is 0.490 e. The number of unbranched alkanes of at least 4 members (excludes halogenated alkanes) is 8. The standard InChI is InChI=1S/C38H57NO10/c1-5-6-7-10-13-16-30(41)17-14-11-8-9-12-15-18-33(38(47,37(45)46)26-31(42)27-40)35(43)39-34(36(44)48-4)25-29-19-21-32(22-20-29)49-24-23-28(2)3/h15,18-23,33-34,40,47H,5-14,16-17,24-27H2,1-4H3,(H,39,43)(H,45,46)/t33-,34+,38+/m1/s1. The molecule has 1 aromatic carbocycles. The minimum absolute atomic E-state index is 0.00840. The van der Waals surface area contributed by atoms with E-state index < -0.39 is 54.2 Å². The number of allylic oxidation sites excluding steroid dienone is 2. The molecule has 274 valence electrons. The second-order valence-corrected chi connectivity index (χ2v) is 12.7. The first-order valence-electron chi connectivity index (χ1n) is 17.4. The number of esters is 1. The van der Waals surface area contributed by atoms with Crippen molar-refractivity contribution in [2.24, 2.45) is 5.92 Å². The number of carboxylic acid groups (broad SMARTS) is 1. The van der Waals surface area contributed by atoms with Crippen LogP contribution in [0.4, 0.5) is 0 Å². The number of aliphatic hydroxyl groups is 2. The van der Waals surface area contributed by atoms with E-state index in [0.29, 0.717) is 43.6 Å². The third kappa shape index (κ3) is 17.4. The maximum atomic E-state index is 13.6. The van der Waals surface area contributed by atoms with Gasteiger partial charge in [0.1, 0.15) is 30.8 Å². The van der Waals surface area contributed by atoms with Crippen LogP contribution < -0.4 is 10.1 Å². The fraction of sp³-hybridized carbons (Fsp3) is 0.605. The summed E-state index contributed by atoms with van der Waals surface area (Å²) in [7, 11) is 1.15. The number of benzene rings is 1. The zero-order chi connectivity index (χ0) is 36.7. The lowest BCUT2D eigenvalue weighted by Crippen LogP contribution is -2.55. The zero-order valence-corrected chi connectivity index (χ0v) is 29.7. The number of aliphatic hydroxyl groups excluding tert-OH is 1. The summed E-state index contributed by atoms with van der Waals surface area (Å²) in [6.07, 6.45) is 14.0. The first-order chi connectivity index (χ1) is 23.4. The molecule has 0 aliphatic heterocycles. The van der Waals surface area contributed by atoms with Gasteiger partial charge in [-0.3, -0.25) is 14.4 Å². The molecule has 0 unspecified atom stereocenters. The molecule has 0 aliphatic carbocycles. The maximum Gasteiger partial charge on any atom is 0.337 e. The van der Waals surface area contributed by atoms with Crippen molar-refractivity contribution in [3.05, 3.63) is 53.6 Å². The lowest BCUT2D eigenvalue weighted by molar-refractivity contribution is -0.169. The number of Topliss-reactive ketones (excluding diaryl/α,β-unsaturated/α-hetero) is 2. The van der Waals surface area contributed by atoms with E-state index in [4.69, 9.17) is 9.47 Å². The first kappa shape index (κ1) is 43.2. The number of ketones is 2. The summed E-state index contributed by atoms with van der Waals surface area (Å²) < 4.78 is 10.5. The molecule has 0 saturated heterocycles. The summed E-state index contributed by atoms with van der Waals surface area (Å²) in [5.74, 6) is -5.48. The van der Waals surface area contributed by atoms with Crippen LogP contribution in [-0.4, -0.2) is 76.7 Å². The van der Waals surface area contributed by atoms with E-state index in [1.807, 2.05) is 19.9 Å². The summed E-state index contributed by atoms with van der Waals surface area (Å²) in [6, 6.07) is 5.63. The third-order valence-corrected chi connectivity index (χ3v) is 8.18. The maximum absolute atomic E-state index is 13.6. The van der Waals surface area contributed by atoms with E-state index in [0.717, 1.165) is 51.2 Å². The number of rotatable bonds is 27. The van der Waals surface area contributed by atoms with E-state index >= 15 is 0 Å².